The minimum Gasteiger partial charge on any atom is -0.381 e. The Morgan fingerprint density at radius 1 is 1.32 bits per heavy atom. The Labute approximate surface area is 119 Å². The first-order valence-electron chi connectivity index (χ1n) is 8.06. The largest absolute Gasteiger partial charge is 0.381 e. The smallest absolute Gasteiger partial charge is 0.0506 e. The molecule has 3 unspecified atom stereocenters. The van der Waals surface area contributed by atoms with Gasteiger partial charge in [0.15, 0.2) is 0 Å². The van der Waals surface area contributed by atoms with Crippen LogP contribution in [0.5, 0.6) is 0 Å². The molecular weight excluding hydrogens is 236 g/mol. The van der Waals surface area contributed by atoms with E-state index in [1.807, 2.05) is 0 Å². The average molecular weight is 268 g/mol. The first-order chi connectivity index (χ1) is 9.04. The van der Waals surface area contributed by atoms with Gasteiger partial charge in [0, 0.05) is 25.2 Å². The molecule has 0 aromatic rings. The standard InChI is InChI=1S/C16H32N2O/c1-5-17-15-14(8-9-16(15,2)3)18(4)11-13-7-6-10-19-12-13/h13-15,17H,5-12H2,1-4H3. The van der Waals surface area contributed by atoms with E-state index >= 15 is 0 Å². The normalized spacial score (nSPS) is 34.9. The van der Waals surface area contributed by atoms with Crippen LogP contribution in [0.2, 0.25) is 0 Å². The third kappa shape index (κ3) is 3.71. The van der Waals surface area contributed by atoms with E-state index in [-0.39, 0.29) is 0 Å². The number of hydrogen-bond acceptors (Lipinski definition) is 3. The average Bonchev–Trinajstić information content (AvgIpc) is 2.67. The molecule has 3 nitrogen and oxygen atoms in total. The maximum absolute atomic E-state index is 5.62. The van der Waals surface area contributed by atoms with E-state index in [1.54, 1.807) is 0 Å². The lowest BCUT2D eigenvalue weighted by atomic mass is 9.86. The third-order valence-corrected chi connectivity index (χ3v) is 5.10. The van der Waals surface area contributed by atoms with Crippen LogP contribution in [0.3, 0.4) is 0 Å². The fourth-order valence-electron chi connectivity index (χ4n) is 3.96. The first kappa shape index (κ1) is 15.3. The molecule has 1 aliphatic carbocycles. The lowest BCUT2D eigenvalue weighted by molar-refractivity contribution is 0.0329. The topological polar surface area (TPSA) is 24.5 Å². The molecule has 1 aliphatic heterocycles. The second-order valence-corrected chi connectivity index (χ2v) is 7.15. The van der Waals surface area contributed by atoms with Crippen molar-refractivity contribution in [3.8, 4) is 0 Å². The van der Waals surface area contributed by atoms with Gasteiger partial charge in [-0.15, -0.1) is 0 Å². The molecule has 2 fully saturated rings. The van der Waals surface area contributed by atoms with Crippen molar-refractivity contribution in [3.63, 3.8) is 0 Å². The predicted octanol–water partition coefficient (Wildman–Crippen LogP) is 2.51. The summed E-state index contributed by atoms with van der Waals surface area (Å²) in [5.41, 5.74) is 0.429. The zero-order chi connectivity index (χ0) is 13.9. The van der Waals surface area contributed by atoms with E-state index in [2.05, 4.69) is 38.0 Å². The van der Waals surface area contributed by atoms with Crippen LogP contribution >= 0.6 is 0 Å². The van der Waals surface area contributed by atoms with Crippen molar-refractivity contribution < 1.29 is 4.74 Å². The first-order valence-corrected chi connectivity index (χ1v) is 8.06. The summed E-state index contributed by atoms with van der Waals surface area (Å²) in [5, 5.41) is 3.73. The molecule has 112 valence electrons. The van der Waals surface area contributed by atoms with Gasteiger partial charge in [-0.05, 0) is 50.6 Å². The van der Waals surface area contributed by atoms with Crippen LogP contribution < -0.4 is 5.32 Å². The Morgan fingerprint density at radius 2 is 2.11 bits per heavy atom. The number of rotatable bonds is 5. The summed E-state index contributed by atoms with van der Waals surface area (Å²) < 4.78 is 5.62. The molecule has 1 N–H and O–H groups in total. The molecule has 1 heterocycles. The van der Waals surface area contributed by atoms with E-state index in [9.17, 15) is 0 Å². The Bertz CT molecular complexity index is 274. The second-order valence-electron chi connectivity index (χ2n) is 7.15. The number of likely N-dealkylation sites (N-methyl/N-ethyl adjacent to an activating group) is 2. The van der Waals surface area contributed by atoms with E-state index in [0.29, 0.717) is 17.5 Å². The Hall–Kier alpha value is -0.120. The van der Waals surface area contributed by atoms with E-state index in [1.165, 1.54) is 32.2 Å². The molecule has 2 aliphatic rings. The van der Waals surface area contributed by atoms with Gasteiger partial charge in [-0.25, -0.2) is 0 Å². The highest BCUT2D eigenvalue weighted by molar-refractivity contribution is 5.00. The maximum Gasteiger partial charge on any atom is 0.0506 e. The van der Waals surface area contributed by atoms with Crippen molar-refractivity contribution in [2.45, 2.75) is 58.5 Å². The Morgan fingerprint density at radius 3 is 2.74 bits per heavy atom. The van der Waals surface area contributed by atoms with Crippen molar-refractivity contribution in [3.05, 3.63) is 0 Å². The summed E-state index contributed by atoms with van der Waals surface area (Å²) in [7, 11) is 2.31. The SMILES string of the molecule is CCNC1C(N(C)CC2CCCOC2)CCC1(C)C. The van der Waals surface area contributed by atoms with Crippen molar-refractivity contribution in [2.24, 2.45) is 11.3 Å². The minimum absolute atomic E-state index is 0.429. The monoisotopic (exact) mass is 268 g/mol. The summed E-state index contributed by atoms with van der Waals surface area (Å²) in [6.45, 7) is 11.3. The predicted molar refractivity (Wildman–Crippen MR) is 80.4 cm³/mol. The number of nitrogens with zero attached hydrogens (tertiary/aromatic N) is 1. The van der Waals surface area contributed by atoms with Gasteiger partial charge in [-0.3, -0.25) is 0 Å². The zero-order valence-corrected chi connectivity index (χ0v) is 13.2. The summed E-state index contributed by atoms with van der Waals surface area (Å²) in [6.07, 6.45) is 5.24. The molecule has 0 bridgehead atoms. The third-order valence-electron chi connectivity index (χ3n) is 5.10. The van der Waals surface area contributed by atoms with E-state index < -0.39 is 0 Å². The summed E-state index contributed by atoms with van der Waals surface area (Å²) in [5.74, 6) is 0.740. The van der Waals surface area contributed by atoms with Gasteiger partial charge in [0.05, 0.1) is 6.61 Å². The summed E-state index contributed by atoms with van der Waals surface area (Å²) in [4.78, 5) is 2.60. The maximum atomic E-state index is 5.62. The Balaban J connectivity index is 1.91. The molecule has 1 saturated heterocycles. The molecule has 3 heteroatoms. The molecule has 2 rings (SSSR count). The summed E-state index contributed by atoms with van der Waals surface area (Å²) in [6, 6.07) is 1.32. The van der Waals surface area contributed by atoms with Crippen molar-refractivity contribution in [1.29, 1.82) is 0 Å². The molecular formula is C16H32N2O. The van der Waals surface area contributed by atoms with Crippen molar-refractivity contribution in [1.82, 2.24) is 10.2 Å². The highest BCUT2D eigenvalue weighted by atomic mass is 16.5. The fourth-order valence-corrected chi connectivity index (χ4v) is 3.96. The zero-order valence-electron chi connectivity index (χ0n) is 13.2. The van der Waals surface area contributed by atoms with Crippen LogP contribution in [-0.4, -0.2) is 50.3 Å². The molecule has 0 aromatic carbocycles. The van der Waals surface area contributed by atoms with Crippen LogP contribution in [-0.2, 0) is 4.74 Å². The van der Waals surface area contributed by atoms with Crippen molar-refractivity contribution >= 4 is 0 Å². The molecule has 0 spiro atoms. The van der Waals surface area contributed by atoms with Gasteiger partial charge in [-0.1, -0.05) is 20.8 Å². The summed E-state index contributed by atoms with van der Waals surface area (Å²) >= 11 is 0. The number of nitrogens with one attached hydrogen (secondary N) is 1. The lowest BCUT2D eigenvalue weighted by Gasteiger charge is -2.37. The van der Waals surface area contributed by atoms with Gasteiger partial charge in [0.1, 0.15) is 0 Å². The van der Waals surface area contributed by atoms with Crippen LogP contribution in [0.25, 0.3) is 0 Å². The van der Waals surface area contributed by atoms with E-state index in [4.69, 9.17) is 4.74 Å². The lowest BCUT2D eigenvalue weighted by Crippen LogP contribution is -2.51. The van der Waals surface area contributed by atoms with Crippen LogP contribution in [0.15, 0.2) is 0 Å². The minimum atomic E-state index is 0.429. The van der Waals surface area contributed by atoms with E-state index in [0.717, 1.165) is 25.7 Å². The second kappa shape index (κ2) is 6.55. The highest BCUT2D eigenvalue weighted by Crippen LogP contribution is 2.39. The quantitative estimate of drug-likeness (QED) is 0.829. The van der Waals surface area contributed by atoms with Crippen LogP contribution in [0, 0.1) is 11.3 Å². The van der Waals surface area contributed by atoms with Gasteiger partial charge < -0.3 is 15.0 Å². The van der Waals surface area contributed by atoms with Gasteiger partial charge in [0.2, 0.25) is 0 Å². The number of hydrogen-bond donors (Lipinski definition) is 1. The van der Waals surface area contributed by atoms with Gasteiger partial charge >= 0.3 is 0 Å². The van der Waals surface area contributed by atoms with Crippen molar-refractivity contribution in [2.75, 3.05) is 33.4 Å². The highest BCUT2D eigenvalue weighted by Gasteiger charge is 2.43. The number of ether oxygens (including phenoxy) is 1. The molecule has 0 radical (unpaired) electrons. The van der Waals surface area contributed by atoms with Crippen LogP contribution in [0.4, 0.5) is 0 Å². The molecule has 3 atom stereocenters. The van der Waals surface area contributed by atoms with Gasteiger partial charge in [0.25, 0.3) is 0 Å². The van der Waals surface area contributed by atoms with Crippen LogP contribution in [0.1, 0.15) is 46.5 Å². The molecule has 19 heavy (non-hydrogen) atoms. The van der Waals surface area contributed by atoms with Gasteiger partial charge in [-0.2, -0.15) is 0 Å². The Kier molecular flexibility index (Phi) is 5.27. The molecule has 0 amide bonds. The molecule has 1 saturated carbocycles. The fraction of sp³-hybridized carbons (Fsp3) is 1.00. The molecule has 0 aromatic heterocycles.